The number of amides is 2. The van der Waals surface area contributed by atoms with Gasteiger partial charge in [0.2, 0.25) is 11.8 Å². The highest BCUT2D eigenvalue weighted by Gasteiger charge is 2.33. The largest absolute Gasteiger partial charge is 0.494 e. The molecule has 42 heavy (non-hydrogen) atoms. The molecule has 226 valence electrons. The van der Waals surface area contributed by atoms with Crippen LogP contribution in [0.3, 0.4) is 0 Å². The van der Waals surface area contributed by atoms with E-state index in [0.29, 0.717) is 36.0 Å². The number of halogens is 1. The zero-order chi connectivity index (χ0) is 30.7. The first-order valence-corrected chi connectivity index (χ1v) is 16.9. The molecule has 0 unspecified atom stereocenters. The monoisotopic (exact) mass is 631 g/mol. The van der Waals surface area contributed by atoms with Crippen LogP contribution >= 0.6 is 23.4 Å². The van der Waals surface area contributed by atoms with Crippen LogP contribution in [0.15, 0.2) is 82.6 Å². The van der Waals surface area contributed by atoms with E-state index in [1.165, 1.54) is 28.8 Å². The second-order valence-electron chi connectivity index (χ2n) is 9.48. The van der Waals surface area contributed by atoms with Crippen molar-refractivity contribution < 1.29 is 22.7 Å². The van der Waals surface area contributed by atoms with E-state index in [9.17, 15) is 18.0 Å². The Labute approximate surface area is 258 Å². The third kappa shape index (κ3) is 8.65. The Hall–Kier alpha value is -3.21. The molecule has 0 aliphatic rings. The number of nitrogens with zero attached hydrogens (tertiary/aromatic N) is 2. The quantitative estimate of drug-likeness (QED) is 0.207. The summed E-state index contributed by atoms with van der Waals surface area (Å²) >= 11 is 7.57. The Morgan fingerprint density at radius 3 is 2.14 bits per heavy atom. The summed E-state index contributed by atoms with van der Waals surface area (Å²) in [6.45, 7) is 6.16. The molecule has 3 rings (SSSR count). The van der Waals surface area contributed by atoms with Crippen molar-refractivity contribution in [3.05, 3.63) is 83.4 Å². The number of hydrogen-bond donors (Lipinski definition) is 1. The molecule has 0 radical (unpaired) electrons. The van der Waals surface area contributed by atoms with E-state index in [-0.39, 0.29) is 17.3 Å². The Kier molecular flexibility index (Phi) is 12.6. The highest BCUT2D eigenvalue weighted by molar-refractivity contribution is 7.98. The average molecular weight is 632 g/mol. The molecule has 2 amide bonds. The fourth-order valence-electron chi connectivity index (χ4n) is 4.35. The molecule has 0 aliphatic heterocycles. The maximum atomic E-state index is 14.1. The molecule has 0 saturated heterocycles. The topological polar surface area (TPSA) is 96.0 Å². The molecule has 0 bridgehead atoms. The van der Waals surface area contributed by atoms with Gasteiger partial charge in [-0.2, -0.15) is 0 Å². The van der Waals surface area contributed by atoms with E-state index < -0.39 is 28.5 Å². The van der Waals surface area contributed by atoms with Gasteiger partial charge in [-0.1, -0.05) is 37.6 Å². The first-order valence-electron chi connectivity index (χ1n) is 13.9. The number of thioether (sulfide) groups is 1. The normalized spacial score (nSPS) is 11.9. The Morgan fingerprint density at radius 2 is 1.60 bits per heavy atom. The minimum Gasteiger partial charge on any atom is -0.494 e. The standard InChI is InChI=1S/C31H38ClN3O5S2/c1-5-20-33-31(37)29(6-2)34(21-23-8-10-24(32)11-9-23)30(36)22-35(25-12-14-26(15-13-25)40-7-3)42(38,39)28-18-16-27(41-4)17-19-28/h8-19,29H,5-7,20-22H2,1-4H3,(H,33,37)/t29-/m1/s1. The summed E-state index contributed by atoms with van der Waals surface area (Å²) in [7, 11) is -4.16. The number of anilines is 1. The van der Waals surface area contributed by atoms with Crippen molar-refractivity contribution in [2.24, 2.45) is 0 Å². The summed E-state index contributed by atoms with van der Waals surface area (Å²) < 4.78 is 34.7. The molecule has 0 saturated carbocycles. The number of ether oxygens (including phenoxy) is 1. The average Bonchev–Trinajstić information content (AvgIpc) is 3.00. The minimum absolute atomic E-state index is 0.0546. The molecule has 0 fully saturated rings. The number of sulfonamides is 1. The van der Waals surface area contributed by atoms with Crippen molar-refractivity contribution in [1.29, 1.82) is 0 Å². The van der Waals surface area contributed by atoms with E-state index in [4.69, 9.17) is 16.3 Å². The second kappa shape index (κ2) is 15.9. The van der Waals surface area contributed by atoms with Crippen LogP contribution in [0.2, 0.25) is 5.02 Å². The van der Waals surface area contributed by atoms with Crippen LogP contribution in [0.5, 0.6) is 5.75 Å². The van der Waals surface area contributed by atoms with Crippen molar-refractivity contribution in [2.45, 2.75) is 56.0 Å². The number of benzene rings is 3. The zero-order valence-corrected chi connectivity index (χ0v) is 26.8. The third-order valence-corrected chi connectivity index (χ3v) is 9.35. The van der Waals surface area contributed by atoms with Gasteiger partial charge in [0.1, 0.15) is 18.3 Å². The minimum atomic E-state index is -4.16. The van der Waals surface area contributed by atoms with Gasteiger partial charge in [-0.25, -0.2) is 8.42 Å². The summed E-state index contributed by atoms with van der Waals surface area (Å²) in [6, 6.07) is 19.3. The summed E-state index contributed by atoms with van der Waals surface area (Å²) in [5, 5.41) is 3.43. The Morgan fingerprint density at radius 1 is 0.952 bits per heavy atom. The van der Waals surface area contributed by atoms with Gasteiger partial charge in [-0.05, 0) is 92.2 Å². The molecular weight excluding hydrogens is 594 g/mol. The molecule has 8 nitrogen and oxygen atoms in total. The van der Waals surface area contributed by atoms with Crippen LogP contribution in [-0.4, -0.2) is 57.1 Å². The Balaban J connectivity index is 2.05. The fourth-order valence-corrected chi connectivity index (χ4v) is 6.30. The van der Waals surface area contributed by atoms with E-state index >= 15 is 0 Å². The van der Waals surface area contributed by atoms with Crippen LogP contribution in [0.1, 0.15) is 39.2 Å². The van der Waals surface area contributed by atoms with Gasteiger partial charge in [0.05, 0.1) is 17.2 Å². The van der Waals surface area contributed by atoms with Gasteiger partial charge >= 0.3 is 0 Å². The Bertz CT molecular complexity index is 1420. The van der Waals surface area contributed by atoms with Crippen molar-refractivity contribution >= 4 is 50.9 Å². The molecule has 1 N–H and O–H groups in total. The van der Waals surface area contributed by atoms with Crippen molar-refractivity contribution in [2.75, 3.05) is 30.3 Å². The van der Waals surface area contributed by atoms with Crippen LogP contribution in [-0.2, 0) is 26.2 Å². The number of carbonyl (C=O) groups excluding carboxylic acids is 2. The molecular formula is C31H38ClN3O5S2. The number of rotatable bonds is 15. The lowest BCUT2D eigenvalue weighted by Gasteiger charge is -2.33. The molecule has 0 spiro atoms. The van der Waals surface area contributed by atoms with Gasteiger partial charge < -0.3 is 15.0 Å². The summed E-state index contributed by atoms with van der Waals surface area (Å²) in [5.74, 6) is -0.219. The first-order chi connectivity index (χ1) is 20.1. The first kappa shape index (κ1) is 33.3. The van der Waals surface area contributed by atoms with Gasteiger partial charge in [0.25, 0.3) is 10.0 Å². The third-order valence-electron chi connectivity index (χ3n) is 6.56. The predicted molar refractivity (Wildman–Crippen MR) is 170 cm³/mol. The molecule has 3 aromatic rings. The van der Waals surface area contributed by atoms with E-state index in [1.54, 1.807) is 60.7 Å². The second-order valence-corrected chi connectivity index (χ2v) is 12.7. The predicted octanol–water partition coefficient (Wildman–Crippen LogP) is 5.99. The van der Waals surface area contributed by atoms with Crippen molar-refractivity contribution in [1.82, 2.24) is 10.2 Å². The number of hydrogen-bond acceptors (Lipinski definition) is 6. The van der Waals surface area contributed by atoms with E-state index in [0.717, 1.165) is 21.2 Å². The molecule has 0 heterocycles. The van der Waals surface area contributed by atoms with Crippen molar-refractivity contribution in [3.8, 4) is 5.75 Å². The van der Waals surface area contributed by atoms with Crippen LogP contribution < -0.4 is 14.4 Å². The van der Waals surface area contributed by atoms with Gasteiger partial charge in [0, 0.05) is 23.0 Å². The van der Waals surface area contributed by atoms with E-state index in [2.05, 4.69) is 5.32 Å². The smallest absolute Gasteiger partial charge is 0.264 e. The van der Waals surface area contributed by atoms with Crippen LogP contribution in [0.4, 0.5) is 5.69 Å². The maximum absolute atomic E-state index is 14.1. The highest BCUT2D eigenvalue weighted by atomic mass is 35.5. The van der Waals surface area contributed by atoms with Gasteiger partial charge in [0.15, 0.2) is 0 Å². The maximum Gasteiger partial charge on any atom is 0.264 e. The van der Waals surface area contributed by atoms with E-state index in [1.807, 2.05) is 27.0 Å². The number of nitrogens with one attached hydrogen (secondary N) is 1. The summed E-state index contributed by atoms with van der Waals surface area (Å²) in [5.41, 5.74) is 1.06. The molecule has 11 heteroatoms. The van der Waals surface area contributed by atoms with Crippen molar-refractivity contribution in [3.63, 3.8) is 0 Å². The number of carbonyl (C=O) groups is 2. The van der Waals surface area contributed by atoms with Crippen LogP contribution in [0, 0.1) is 0 Å². The summed E-state index contributed by atoms with van der Waals surface area (Å²) in [4.78, 5) is 29.7. The lowest BCUT2D eigenvalue weighted by Crippen LogP contribution is -2.52. The molecule has 0 aromatic heterocycles. The fraction of sp³-hybridized carbons (Fsp3) is 0.355. The lowest BCUT2D eigenvalue weighted by molar-refractivity contribution is -0.140. The molecule has 0 aliphatic carbocycles. The van der Waals surface area contributed by atoms with Gasteiger partial charge in [-0.15, -0.1) is 11.8 Å². The molecule has 1 atom stereocenters. The highest BCUT2D eigenvalue weighted by Crippen LogP contribution is 2.28. The SMILES string of the molecule is CCCNC(=O)[C@@H](CC)N(Cc1ccc(Cl)cc1)C(=O)CN(c1ccc(OCC)cc1)S(=O)(=O)c1ccc(SC)cc1. The zero-order valence-electron chi connectivity index (χ0n) is 24.4. The lowest BCUT2D eigenvalue weighted by atomic mass is 10.1. The summed E-state index contributed by atoms with van der Waals surface area (Å²) in [6.07, 6.45) is 3.00. The van der Waals surface area contributed by atoms with Crippen LogP contribution in [0.25, 0.3) is 0 Å². The van der Waals surface area contributed by atoms with Gasteiger partial charge in [-0.3, -0.25) is 13.9 Å². The molecule has 3 aromatic carbocycles.